The van der Waals surface area contributed by atoms with Gasteiger partial charge in [0.15, 0.2) is 6.61 Å². The lowest BCUT2D eigenvalue weighted by molar-refractivity contribution is -0.118. The Balaban J connectivity index is 1.90. The predicted octanol–water partition coefficient (Wildman–Crippen LogP) is 4.08. The Morgan fingerprint density at radius 1 is 1.14 bits per heavy atom. The van der Waals surface area contributed by atoms with Gasteiger partial charge in [0.2, 0.25) is 0 Å². The van der Waals surface area contributed by atoms with Crippen LogP contribution in [0.3, 0.4) is 0 Å². The molecule has 2 rings (SSSR count). The van der Waals surface area contributed by atoms with E-state index in [1.807, 2.05) is 43.3 Å². The lowest BCUT2D eigenvalue weighted by Crippen LogP contribution is -2.20. The molecule has 0 unspecified atom stereocenters. The van der Waals surface area contributed by atoms with E-state index >= 15 is 0 Å². The monoisotopic (exact) mass is 338 g/mol. The smallest absolute Gasteiger partial charge is 0.262 e. The predicted molar refractivity (Wildman–Crippen MR) is 91.4 cm³/mol. The molecule has 0 heterocycles. The average molecular weight is 339 g/mol. The molecular weight excluding hydrogens is 323 g/mol. The average Bonchev–Trinajstić information content (AvgIpc) is 2.47. The van der Waals surface area contributed by atoms with E-state index in [0.29, 0.717) is 21.5 Å². The molecule has 1 amide bonds. The van der Waals surface area contributed by atoms with E-state index in [1.165, 1.54) is 0 Å². The molecule has 116 valence electrons. The SMILES string of the molecule is CN(C)c1ccc(NC(=O)COc2ccc(Cl)cc2Cl)cc1. The van der Waals surface area contributed by atoms with Crippen LogP contribution in [0.1, 0.15) is 0 Å². The van der Waals surface area contributed by atoms with Gasteiger partial charge >= 0.3 is 0 Å². The summed E-state index contributed by atoms with van der Waals surface area (Å²) in [7, 11) is 3.91. The number of hydrogen-bond donors (Lipinski definition) is 1. The summed E-state index contributed by atoms with van der Waals surface area (Å²) in [6, 6.07) is 12.4. The van der Waals surface area contributed by atoms with Crippen LogP contribution in [0.25, 0.3) is 0 Å². The zero-order valence-electron chi connectivity index (χ0n) is 12.3. The first-order valence-corrected chi connectivity index (χ1v) is 7.36. The van der Waals surface area contributed by atoms with Gasteiger partial charge in [-0.05, 0) is 42.5 Å². The number of carbonyl (C=O) groups is 1. The van der Waals surface area contributed by atoms with Crippen molar-refractivity contribution in [2.45, 2.75) is 0 Å². The molecule has 0 atom stereocenters. The Kier molecular flexibility index (Phi) is 5.52. The maximum Gasteiger partial charge on any atom is 0.262 e. The fourth-order valence-corrected chi connectivity index (χ4v) is 2.24. The first kappa shape index (κ1) is 16.5. The minimum Gasteiger partial charge on any atom is -0.482 e. The van der Waals surface area contributed by atoms with E-state index in [4.69, 9.17) is 27.9 Å². The summed E-state index contributed by atoms with van der Waals surface area (Å²) in [6.07, 6.45) is 0. The molecule has 0 aromatic heterocycles. The van der Waals surface area contributed by atoms with E-state index < -0.39 is 0 Å². The molecule has 22 heavy (non-hydrogen) atoms. The van der Waals surface area contributed by atoms with Crippen LogP contribution in [0.2, 0.25) is 10.0 Å². The molecule has 4 nitrogen and oxygen atoms in total. The number of anilines is 2. The molecule has 0 spiro atoms. The van der Waals surface area contributed by atoms with Crippen molar-refractivity contribution in [1.82, 2.24) is 0 Å². The number of rotatable bonds is 5. The second-order valence-electron chi connectivity index (χ2n) is 4.85. The van der Waals surface area contributed by atoms with E-state index in [1.54, 1.807) is 18.2 Å². The normalized spacial score (nSPS) is 10.2. The quantitative estimate of drug-likeness (QED) is 0.893. The highest BCUT2D eigenvalue weighted by molar-refractivity contribution is 6.35. The summed E-state index contributed by atoms with van der Waals surface area (Å²) in [6.45, 7) is -0.128. The number of nitrogens with zero attached hydrogens (tertiary/aromatic N) is 1. The first-order valence-electron chi connectivity index (χ1n) is 6.61. The fourth-order valence-electron chi connectivity index (χ4n) is 1.78. The zero-order valence-corrected chi connectivity index (χ0v) is 13.8. The van der Waals surface area contributed by atoms with Crippen molar-refractivity contribution in [3.05, 3.63) is 52.5 Å². The van der Waals surface area contributed by atoms with Crippen LogP contribution in [0.4, 0.5) is 11.4 Å². The van der Waals surface area contributed by atoms with Crippen LogP contribution >= 0.6 is 23.2 Å². The van der Waals surface area contributed by atoms with Gasteiger partial charge in [0.05, 0.1) is 5.02 Å². The maximum absolute atomic E-state index is 11.9. The van der Waals surface area contributed by atoms with Gasteiger partial charge in [-0.3, -0.25) is 4.79 Å². The first-order chi connectivity index (χ1) is 10.5. The number of halogens is 2. The Bertz CT molecular complexity index is 658. The molecule has 2 aromatic rings. The van der Waals surface area contributed by atoms with Crippen molar-refractivity contribution in [3.63, 3.8) is 0 Å². The number of benzene rings is 2. The van der Waals surface area contributed by atoms with Crippen molar-refractivity contribution in [2.75, 3.05) is 30.9 Å². The van der Waals surface area contributed by atoms with Gasteiger partial charge < -0.3 is 15.0 Å². The topological polar surface area (TPSA) is 41.6 Å². The minimum atomic E-state index is -0.261. The molecule has 0 aliphatic rings. The second-order valence-corrected chi connectivity index (χ2v) is 5.70. The molecule has 0 aliphatic heterocycles. The fraction of sp³-hybridized carbons (Fsp3) is 0.188. The highest BCUT2D eigenvalue weighted by Crippen LogP contribution is 2.27. The summed E-state index contributed by atoms with van der Waals surface area (Å²) in [5.41, 5.74) is 1.77. The molecule has 6 heteroatoms. The van der Waals surface area contributed by atoms with Gasteiger partial charge in [0, 0.05) is 30.5 Å². The third-order valence-corrected chi connectivity index (χ3v) is 3.45. The summed E-state index contributed by atoms with van der Waals surface area (Å²) >= 11 is 11.8. The molecule has 0 bridgehead atoms. The molecule has 0 saturated heterocycles. The summed E-state index contributed by atoms with van der Waals surface area (Å²) in [5.74, 6) is 0.160. The van der Waals surface area contributed by atoms with Gasteiger partial charge in [-0.1, -0.05) is 23.2 Å². The van der Waals surface area contributed by atoms with Crippen molar-refractivity contribution >= 4 is 40.5 Å². The van der Waals surface area contributed by atoms with Gasteiger partial charge in [0.1, 0.15) is 5.75 Å². The van der Waals surface area contributed by atoms with E-state index in [9.17, 15) is 4.79 Å². The van der Waals surface area contributed by atoms with Crippen molar-refractivity contribution < 1.29 is 9.53 Å². The third kappa shape index (κ3) is 4.55. The molecule has 2 aromatic carbocycles. The van der Waals surface area contributed by atoms with Crippen molar-refractivity contribution in [3.8, 4) is 5.75 Å². The van der Waals surface area contributed by atoms with Gasteiger partial charge in [-0.2, -0.15) is 0 Å². The number of amides is 1. The van der Waals surface area contributed by atoms with Crippen LogP contribution in [0.5, 0.6) is 5.75 Å². The van der Waals surface area contributed by atoms with Gasteiger partial charge in [0.25, 0.3) is 5.91 Å². The number of carbonyl (C=O) groups excluding carboxylic acids is 1. The van der Waals surface area contributed by atoms with Gasteiger partial charge in [-0.25, -0.2) is 0 Å². The highest BCUT2D eigenvalue weighted by Gasteiger charge is 2.07. The number of hydrogen-bond acceptors (Lipinski definition) is 3. The molecule has 0 aliphatic carbocycles. The third-order valence-electron chi connectivity index (χ3n) is 2.92. The van der Waals surface area contributed by atoms with E-state index in [-0.39, 0.29) is 12.5 Å². The van der Waals surface area contributed by atoms with E-state index in [0.717, 1.165) is 5.69 Å². The Labute approximate surface area is 139 Å². The minimum absolute atomic E-state index is 0.128. The highest BCUT2D eigenvalue weighted by atomic mass is 35.5. The van der Waals surface area contributed by atoms with Crippen LogP contribution in [0, 0.1) is 0 Å². The largest absolute Gasteiger partial charge is 0.482 e. The van der Waals surface area contributed by atoms with Crippen molar-refractivity contribution in [2.24, 2.45) is 0 Å². The van der Waals surface area contributed by atoms with Crippen LogP contribution in [-0.4, -0.2) is 26.6 Å². The Morgan fingerprint density at radius 3 is 2.41 bits per heavy atom. The lowest BCUT2D eigenvalue weighted by atomic mass is 10.2. The van der Waals surface area contributed by atoms with Crippen LogP contribution in [-0.2, 0) is 4.79 Å². The van der Waals surface area contributed by atoms with Crippen LogP contribution < -0.4 is 15.0 Å². The zero-order chi connectivity index (χ0) is 16.1. The maximum atomic E-state index is 11.9. The Morgan fingerprint density at radius 2 is 1.82 bits per heavy atom. The summed E-state index contributed by atoms with van der Waals surface area (Å²) in [4.78, 5) is 13.9. The standard InChI is InChI=1S/C16H16Cl2N2O2/c1-20(2)13-6-4-12(5-7-13)19-16(21)10-22-15-8-3-11(17)9-14(15)18/h3-9H,10H2,1-2H3,(H,19,21). The molecule has 1 N–H and O–H groups in total. The summed E-state index contributed by atoms with van der Waals surface area (Å²) < 4.78 is 5.38. The number of nitrogens with one attached hydrogen (secondary N) is 1. The molecular formula is C16H16Cl2N2O2. The lowest BCUT2D eigenvalue weighted by Gasteiger charge is -2.13. The number of ether oxygens (including phenoxy) is 1. The Hall–Kier alpha value is -1.91. The molecule has 0 saturated carbocycles. The van der Waals surface area contributed by atoms with Crippen LogP contribution in [0.15, 0.2) is 42.5 Å². The summed E-state index contributed by atoms with van der Waals surface area (Å²) in [5, 5.41) is 3.64. The van der Waals surface area contributed by atoms with Gasteiger partial charge in [-0.15, -0.1) is 0 Å². The second kappa shape index (κ2) is 7.38. The van der Waals surface area contributed by atoms with Crippen molar-refractivity contribution in [1.29, 1.82) is 0 Å². The van der Waals surface area contributed by atoms with E-state index in [2.05, 4.69) is 5.32 Å². The molecule has 0 radical (unpaired) electrons. The molecule has 0 fully saturated rings.